The molecular weight excluding hydrogens is 272 g/mol. The Kier molecular flexibility index (Phi) is 3.67. The fourth-order valence-electron chi connectivity index (χ4n) is 2.08. The van der Waals surface area contributed by atoms with E-state index < -0.39 is 0 Å². The van der Waals surface area contributed by atoms with Crippen molar-refractivity contribution in [3.05, 3.63) is 64.6 Å². The molecule has 20 heavy (non-hydrogen) atoms. The van der Waals surface area contributed by atoms with E-state index in [1.165, 1.54) is 0 Å². The molecule has 0 fully saturated rings. The van der Waals surface area contributed by atoms with Gasteiger partial charge in [0.15, 0.2) is 11.5 Å². The smallest absolute Gasteiger partial charge is 0.160 e. The second-order valence-electron chi connectivity index (χ2n) is 4.73. The lowest BCUT2D eigenvalue weighted by molar-refractivity contribution is 0.656. The van der Waals surface area contributed by atoms with Gasteiger partial charge in [0.05, 0.1) is 6.54 Å². The van der Waals surface area contributed by atoms with Crippen LogP contribution in [-0.2, 0) is 13.1 Å². The Bertz CT molecular complexity index is 736. The van der Waals surface area contributed by atoms with E-state index in [9.17, 15) is 0 Å². The predicted molar refractivity (Wildman–Crippen MR) is 79.7 cm³/mol. The average molecular weight is 287 g/mol. The van der Waals surface area contributed by atoms with Gasteiger partial charge < -0.3 is 5.32 Å². The highest BCUT2D eigenvalue weighted by Gasteiger charge is 2.04. The first-order chi connectivity index (χ1) is 9.74. The number of benzene rings is 1. The normalized spacial score (nSPS) is 11.1. The van der Waals surface area contributed by atoms with Gasteiger partial charge in [-0.2, -0.15) is 0 Å². The summed E-state index contributed by atoms with van der Waals surface area (Å²) in [6.45, 7) is 3.42. The fourth-order valence-corrected chi connectivity index (χ4v) is 2.28. The number of fused-ring (bicyclic) bond motifs is 1. The van der Waals surface area contributed by atoms with Crippen LogP contribution >= 0.6 is 11.6 Å². The molecule has 102 valence electrons. The maximum Gasteiger partial charge on any atom is 0.160 e. The van der Waals surface area contributed by atoms with Crippen LogP contribution < -0.4 is 5.32 Å². The number of pyridine rings is 1. The van der Waals surface area contributed by atoms with Gasteiger partial charge in [-0.3, -0.25) is 4.40 Å². The molecule has 3 rings (SSSR count). The number of nitrogens with zero attached hydrogens (tertiary/aromatic N) is 3. The summed E-state index contributed by atoms with van der Waals surface area (Å²) >= 11 is 6.12. The zero-order chi connectivity index (χ0) is 13.9. The summed E-state index contributed by atoms with van der Waals surface area (Å²) < 4.78 is 1.98. The fraction of sp³-hybridized carbons (Fsp3) is 0.200. The van der Waals surface area contributed by atoms with Crippen molar-refractivity contribution in [3.63, 3.8) is 0 Å². The average Bonchev–Trinajstić information content (AvgIpc) is 2.86. The number of aromatic nitrogens is 3. The first-order valence-electron chi connectivity index (χ1n) is 6.48. The Morgan fingerprint density at radius 2 is 2.05 bits per heavy atom. The van der Waals surface area contributed by atoms with E-state index in [0.29, 0.717) is 6.54 Å². The quantitative estimate of drug-likeness (QED) is 0.802. The molecule has 0 spiro atoms. The molecule has 0 saturated heterocycles. The van der Waals surface area contributed by atoms with Crippen molar-refractivity contribution in [1.29, 1.82) is 0 Å². The highest BCUT2D eigenvalue weighted by molar-refractivity contribution is 6.31. The molecule has 4 nitrogen and oxygen atoms in total. The predicted octanol–water partition coefficient (Wildman–Crippen LogP) is 2.98. The van der Waals surface area contributed by atoms with Crippen molar-refractivity contribution in [3.8, 4) is 0 Å². The molecule has 0 radical (unpaired) electrons. The summed E-state index contributed by atoms with van der Waals surface area (Å²) in [6, 6.07) is 12.0. The van der Waals surface area contributed by atoms with Crippen molar-refractivity contribution in [2.75, 3.05) is 0 Å². The lowest BCUT2D eigenvalue weighted by atomic mass is 10.1. The number of nitrogens with one attached hydrogen (secondary N) is 1. The van der Waals surface area contributed by atoms with Crippen LogP contribution in [0.15, 0.2) is 42.6 Å². The van der Waals surface area contributed by atoms with E-state index in [2.05, 4.69) is 21.6 Å². The molecule has 0 saturated carbocycles. The van der Waals surface area contributed by atoms with Gasteiger partial charge in [-0.15, -0.1) is 10.2 Å². The molecule has 1 N–H and O–H groups in total. The number of aryl methyl sites for hydroxylation is 1. The first-order valence-corrected chi connectivity index (χ1v) is 6.86. The van der Waals surface area contributed by atoms with Gasteiger partial charge in [-0.1, -0.05) is 29.8 Å². The molecule has 2 heterocycles. The molecular formula is C15H15ClN4. The second-order valence-corrected chi connectivity index (χ2v) is 5.14. The summed E-state index contributed by atoms with van der Waals surface area (Å²) in [5.74, 6) is 0.902. The number of rotatable bonds is 4. The lowest BCUT2D eigenvalue weighted by Crippen LogP contribution is -2.15. The van der Waals surface area contributed by atoms with Crippen LogP contribution in [0.25, 0.3) is 5.65 Å². The van der Waals surface area contributed by atoms with Gasteiger partial charge in [0.25, 0.3) is 0 Å². The van der Waals surface area contributed by atoms with Gasteiger partial charge in [-0.25, -0.2) is 0 Å². The molecule has 0 unspecified atom stereocenters. The van der Waals surface area contributed by atoms with Crippen LogP contribution in [-0.4, -0.2) is 14.6 Å². The summed E-state index contributed by atoms with van der Waals surface area (Å²) in [5.41, 5.74) is 3.12. The minimum Gasteiger partial charge on any atom is -0.306 e. The van der Waals surface area contributed by atoms with Crippen LogP contribution in [0, 0.1) is 6.92 Å². The third kappa shape index (κ3) is 2.66. The Labute approximate surface area is 122 Å². The van der Waals surface area contributed by atoms with E-state index in [-0.39, 0.29) is 0 Å². The van der Waals surface area contributed by atoms with Crippen LogP contribution in [0.3, 0.4) is 0 Å². The largest absolute Gasteiger partial charge is 0.306 e. The maximum absolute atomic E-state index is 6.12. The third-order valence-electron chi connectivity index (χ3n) is 3.23. The van der Waals surface area contributed by atoms with Gasteiger partial charge in [0.1, 0.15) is 0 Å². The van der Waals surface area contributed by atoms with E-state index in [1.54, 1.807) is 0 Å². The Morgan fingerprint density at radius 3 is 2.90 bits per heavy atom. The zero-order valence-electron chi connectivity index (χ0n) is 11.2. The molecule has 2 aromatic heterocycles. The van der Waals surface area contributed by atoms with Gasteiger partial charge >= 0.3 is 0 Å². The monoisotopic (exact) mass is 286 g/mol. The molecule has 3 aromatic rings. The Hall–Kier alpha value is -1.91. The minimum absolute atomic E-state index is 0.663. The van der Waals surface area contributed by atoms with E-state index >= 15 is 0 Å². The van der Waals surface area contributed by atoms with Crippen molar-refractivity contribution in [1.82, 2.24) is 19.9 Å². The molecule has 0 amide bonds. The van der Waals surface area contributed by atoms with Crippen molar-refractivity contribution in [2.24, 2.45) is 0 Å². The summed E-state index contributed by atoms with van der Waals surface area (Å²) in [5, 5.41) is 12.5. The standard InChI is InChI=1S/C15H15ClN4/c1-11-5-6-12(8-13(11)16)9-17-10-15-19-18-14-4-2-3-7-20(14)15/h2-8,17H,9-10H2,1H3. The minimum atomic E-state index is 0.663. The molecule has 0 aliphatic rings. The lowest BCUT2D eigenvalue weighted by Gasteiger charge is -2.06. The zero-order valence-corrected chi connectivity index (χ0v) is 11.9. The number of hydrogen-bond donors (Lipinski definition) is 1. The van der Waals surface area contributed by atoms with Crippen LogP contribution in [0.1, 0.15) is 17.0 Å². The topological polar surface area (TPSA) is 42.2 Å². The van der Waals surface area contributed by atoms with Crippen LogP contribution in [0.5, 0.6) is 0 Å². The molecule has 5 heteroatoms. The van der Waals surface area contributed by atoms with Crippen LogP contribution in [0.2, 0.25) is 5.02 Å². The summed E-state index contributed by atoms with van der Waals surface area (Å²) in [6.07, 6.45) is 1.97. The second kappa shape index (κ2) is 5.61. The summed E-state index contributed by atoms with van der Waals surface area (Å²) in [4.78, 5) is 0. The summed E-state index contributed by atoms with van der Waals surface area (Å²) in [7, 11) is 0. The van der Waals surface area contributed by atoms with Crippen molar-refractivity contribution in [2.45, 2.75) is 20.0 Å². The third-order valence-corrected chi connectivity index (χ3v) is 3.64. The van der Waals surface area contributed by atoms with E-state index in [1.807, 2.05) is 47.9 Å². The highest BCUT2D eigenvalue weighted by atomic mass is 35.5. The Balaban J connectivity index is 1.66. The van der Waals surface area contributed by atoms with Gasteiger partial charge in [0.2, 0.25) is 0 Å². The molecule has 0 aliphatic heterocycles. The van der Waals surface area contributed by atoms with Gasteiger partial charge in [0, 0.05) is 17.8 Å². The molecule has 0 bridgehead atoms. The van der Waals surface area contributed by atoms with Crippen molar-refractivity contribution >= 4 is 17.2 Å². The molecule has 1 aromatic carbocycles. The highest BCUT2D eigenvalue weighted by Crippen LogP contribution is 2.16. The van der Waals surface area contributed by atoms with Gasteiger partial charge in [-0.05, 0) is 36.2 Å². The van der Waals surface area contributed by atoms with Crippen molar-refractivity contribution < 1.29 is 0 Å². The van der Waals surface area contributed by atoms with E-state index in [4.69, 9.17) is 11.6 Å². The Morgan fingerprint density at radius 1 is 1.15 bits per heavy atom. The first kappa shape index (κ1) is 13.1. The maximum atomic E-state index is 6.12. The molecule has 0 atom stereocenters. The van der Waals surface area contributed by atoms with E-state index in [0.717, 1.165) is 34.2 Å². The van der Waals surface area contributed by atoms with Crippen LogP contribution in [0.4, 0.5) is 0 Å². The number of halogens is 1. The molecule has 0 aliphatic carbocycles. The number of hydrogen-bond acceptors (Lipinski definition) is 3. The SMILES string of the molecule is Cc1ccc(CNCc2nnc3ccccn23)cc1Cl.